The maximum atomic E-state index is 10.3. The predicted molar refractivity (Wildman–Crippen MR) is 148 cm³/mol. The standard InChI is InChI=1S/C31H28N4O3/c36-21-27(24-12-6-2-7-13-24)30-32-29(33-31(34-30)28(22-37)25-14-8-3-9-15-25)26(23-10-4-1-5-11-23)20-35-16-18-38-19-17-35/h1-15,20-22,36-37H,16-19H2/b26-20-,27-21+,28-22+. The number of nitrogens with zero attached hydrogens (tertiary/aromatic N) is 4. The van der Waals surface area contributed by atoms with Gasteiger partial charge in [-0.2, -0.15) is 0 Å². The second-order valence-electron chi connectivity index (χ2n) is 8.68. The fourth-order valence-electron chi connectivity index (χ4n) is 4.26. The van der Waals surface area contributed by atoms with Crippen LogP contribution in [0.25, 0.3) is 16.7 Å². The van der Waals surface area contributed by atoms with Crippen LogP contribution >= 0.6 is 0 Å². The molecule has 7 heteroatoms. The van der Waals surface area contributed by atoms with Crippen molar-refractivity contribution in [1.82, 2.24) is 19.9 Å². The van der Waals surface area contributed by atoms with Crippen molar-refractivity contribution >= 4 is 16.7 Å². The van der Waals surface area contributed by atoms with Crippen LogP contribution in [0.2, 0.25) is 0 Å². The molecule has 0 amide bonds. The molecule has 7 nitrogen and oxygen atoms in total. The summed E-state index contributed by atoms with van der Waals surface area (Å²) in [6, 6.07) is 28.8. The van der Waals surface area contributed by atoms with E-state index in [1.807, 2.05) is 91.0 Å². The monoisotopic (exact) mass is 504 g/mol. The first-order valence-corrected chi connectivity index (χ1v) is 12.4. The van der Waals surface area contributed by atoms with Crippen LogP contribution in [-0.4, -0.2) is 56.4 Å². The van der Waals surface area contributed by atoms with E-state index in [4.69, 9.17) is 19.7 Å². The molecule has 1 saturated heterocycles. The first-order chi connectivity index (χ1) is 18.8. The quantitative estimate of drug-likeness (QED) is 0.322. The van der Waals surface area contributed by atoms with Crippen molar-refractivity contribution in [3.8, 4) is 0 Å². The highest BCUT2D eigenvalue weighted by molar-refractivity contribution is 5.82. The number of aliphatic hydroxyl groups is 2. The maximum absolute atomic E-state index is 10.3. The first kappa shape index (κ1) is 24.9. The average Bonchev–Trinajstić information content (AvgIpc) is 2.99. The van der Waals surface area contributed by atoms with E-state index in [0.717, 1.165) is 47.9 Å². The van der Waals surface area contributed by atoms with E-state index < -0.39 is 0 Å². The molecule has 5 rings (SSSR count). The SMILES string of the molecule is O/C=C(\c1ccccc1)c1nc(/C(=C\N2CCOCC2)c2ccccc2)nc(/C(=C/O)c2ccccc2)n1. The summed E-state index contributed by atoms with van der Waals surface area (Å²) in [6.07, 6.45) is 4.07. The van der Waals surface area contributed by atoms with E-state index in [-0.39, 0.29) is 11.6 Å². The van der Waals surface area contributed by atoms with Crippen molar-refractivity contribution in [3.63, 3.8) is 0 Å². The average molecular weight is 505 g/mol. The highest BCUT2D eigenvalue weighted by Crippen LogP contribution is 2.28. The first-order valence-electron chi connectivity index (χ1n) is 12.4. The molecule has 1 aliphatic heterocycles. The van der Waals surface area contributed by atoms with Gasteiger partial charge >= 0.3 is 0 Å². The third-order valence-electron chi connectivity index (χ3n) is 6.23. The van der Waals surface area contributed by atoms with Gasteiger partial charge < -0.3 is 19.8 Å². The van der Waals surface area contributed by atoms with E-state index >= 15 is 0 Å². The summed E-state index contributed by atoms with van der Waals surface area (Å²) in [5, 5.41) is 20.6. The van der Waals surface area contributed by atoms with Gasteiger partial charge in [0, 0.05) is 24.9 Å². The second-order valence-corrected chi connectivity index (χ2v) is 8.68. The van der Waals surface area contributed by atoms with Crippen LogP contribution in [0.5, 0.6) is 0 Å². The lowest BCUT2D eigenvalue weighted by Gasteiger charge is -2.26. The number of aromatic nitrogens is 3. The molecule has 3 aromatic carbocycles. The van der Waals surface area contributed by atoms with Crippen molar-refractivity contribution in [2.24, 2.45) is 0 Å². The zero-order valence-electron chi connectivity index (χ0n) is 20.8. The summed E-state index contributed by atoms with van der Waals surface area (Å²) in [6.45, 7) is 2.78. The summed E-state index contributed by atoms with van der Waals surface area (Å²) in [5.41, 5.74) is 4.13. The van der Waals surface area contributed by atoms with Crippen LogP contribution in [0, 0.1) is 0 Å². The Hall–Kier alpha value is -4.75. The van der Waals surface area contributed by atoms with Crippen molar-refractivity contribution in [2.45, 2.75) is 0 Å². The Morgan fingerprint density at radius 3 is 1.34 bits per heavy atom. The molecule has 0 atom stereocenters. The lowest BCUT2D eigenvalue weighted by Crippen LogP contribution is -2.32. The summed E-state index contributed by atoms with van der Waals surface area (Å²) >= 11 is 0. The van der Waals surface area contributed by atoms with Crippen molar-refractivity contribution in [2.75, 3.05) is 26.3 Å². The molecule has 4 aromatic rings. The largest absolute Gasteiger partial charge is 0.515 e. The summed E-state index contributed by atoms with van der Waals surface area (Å²) < 4.78 is 5.54. The molecule has 0 radical (unpaired) electrons. The van der Waals surface area contributed by atoms with Gasteiger partial charge in [0.1, 0.15) is 0 Å². The van der Waals surface area contributed by atoms with E-state index in [1.165, 1.54) is 0 Å². The summed E-state index contributed by atoms with van der Waals surface area (Å²) in [7, 11) is 0. The Bertz CT molecular complexity index is 1370. The molecule has 0 spiro atoms. The third-order valence-corrected chi connectivity index (χ3v) is 6.23. The number of aliphatic hydroxyl groups excluding tert-OH is 2. The number of ether oxygens (including phenoxy) is 1. The Kier molecular flexibility index (Phi) is 7.86. The minimum absolute atomic E-state index is 0.290. The molecule has 38 heavy (non-hydrogen) atoms. The Morgan fingerprint density at radius 1 is 0.579 bits per heavy atom. The van der Waals surface area contributed by atoms with Gasteiger partial charge in [-0.3, -0.25) is 0 Å². The zero-order chi connectivity index (χ0) is 26.2. The van der Waals surface area contributed by atoms with Crippen LogP contribution in [0.15, 0.2) is 110 Å². The Balaban J connectivity index is 1.72. The molecule has 0 bridgehead atoms. The topological polar surface area (TPSA) is 91.6 Å². The molecule has 0 unspecified atom stereocenters. The van der Waals surface area contributed by atoms with Crippen molar-refractivity contribution in [1.29, 1.82) is 0 Å². The van der Waals surface area contributed by atoms with Gasteiger partial charge in [-0.25, -0.2) is 15.0 Å². The van der Waals surface area contributed by atoms with Gasteiger partial charge in [0.05, 0.1) is 36.9 Å². The summed E-state index contributed by atoms with van der Waals surface area (Å²) in [4.78, 5) is 16.6. The molecule has 2 N–H and O–H groups in total. The smallest absolute Gasteiger partial charge is 0.167 e. The lowest BCUT2D eigenvalue weighted by molar-refractivity contribution is 0.0596. The minimum atomic E-state index is 0.290. The number of benzene rings is 3. The molecule has 0 saturated carbocycles. The maximum Gasteiger partial charge on any atom is 0.167 e. The van der Waals surface area contributed by atoms with Crippen molar-refractivity contribution in [3.05, 3.63) is 144 Å². The predicted octanol–water partition coefficient (Wildman–Crippen LogP) is 5.49. The normalized spacial score (nSPS) is 14.9. The Labute approximate surface area is 221 Å². The molecular weight excluding hydrogens is 476 g/mol. The van der Waals surface area contributed by atoms with Crippen molar-refractivity contribution < 1.29 is 14.9 Å². The number of rotatable bonds is 7. The van der Waals surface area contributed by atoms with Gasteiger partial charge in [-0.05, 0) is 16.7 Å². The molecule has 1 aliphatic rings. The van der Waals surface area contributed by atoms with Crippen LogP contribution in [-0.2, 0) is 4.74 Å². The fraction of sp³-hybridized carbons (Fsp3) is 0.129. The van der Waals surface area contributed by atoms with Crippen LogP contribution in [0.3, 0.4) is 0 Å². The van der Waals surface area contributed by atoms with Crippen LogP contribution in [0.4, 0.5) is 0 Å². The van der Waals surface area contributed by atoms with Crippen LogP contribution in [0.1, 0.15) is 34.2 Å². The molecule has 190 valence electrons. The molecule has 2 heterocycles. The zero-order valence-corrected chi connectivity index (χ0v) is 20.8. The number of hydrogen-bond donors (Lipinski definition) is 2. The van der Waals surface area contributed by atoms with Gasteiger partial charge in [0.2, 0.25) is 0 Å². The van der Waals surface area contributed by atoms with Gasteiger partial charge in [0.15, 0.2) is 17.5 Å². The van der Waals surface area contributed by atoms with E-state index in [1.54, 1.807) is 0 Å². The molecule has 1 fully saturated rings. The molecule has 1 aromatic heterocycles. The number of morpholine rings is 1. The lowest BCUT2D eigenvalue weighted by atomic mass is 10.0. The molecular formula is C31H28N4O3. The molecule has 0 aliphatic carbocycles. The van der Waals surface area contributed by atoms with Gasteiger partial charge in [-0.15, -0.1) is 0 Å². The fourth-order valence-corrected chi connectivity index (χ4v) is 4.26. The van der Waals surface area contributed by atoms with Crippen LogP contribution < -0.4 is 0 Å². The highest BCUT2D eigenvalue weighted by Gasteiger charge is 2.20. The summed E-state index contributed by atoms with van der Waals surface area (Å²) in [5.74, 6) is 1.00. The van der Waals surface area contributed by atoms with E-state index in [0.29, 0.717) is 30.2 Å². The third kappa shape index (κ3) is 5.63. The van der Waals surface area contributed by atoms with Gasteiger partial charge in [0.25, 0.3) is 0 Å². The highest BCUT2D eigenvalue weighted by atomic mass is 16.5. The number of hydrogen-bond acceptors (Lipinski definition) is 7. The van der Waals surface area contributed by atoms with Gasteiger partial charge in [-0.1, -0.05) is 91.0 Å². The minimum Gasteiger partial charge on any atom is -0.515 e. The second kappa shape index (κ2) is 12.0. The Morgan fingerprint density at radius 2 is 0.947 bits per heavy atom. The van der Waals surface area contributed by atoms with E-state index in [9.17, 15) is 10.2 Å². The van der Waals surface area contributed by atoms with E-state index in [2.05, 4.69) is 11.1 Å².